The van der Waals surface area contributed by atoms with Crippen LogP contribution >= 0.6 is 15.9 Å². The maximum absolute atomic E-state index is 13.1. The fourth-order valence-electron chi connectivity index (χ4n) is 2.60. The number of benzene rings is 1. The molecule has 1 saturated carbocycles. The third kappa shape index (κ3) is 4.52. The van der Waals surface area contributed by atoms with Crippen LogP contribution in [0.3, 0.4) is 0 Å². The van der Waals surface area contributed by atoms with E-state index in [4.69, 9.17) is 5.11 Å². The molecule has 1 aromatic rings. The summed E-state index contributed by atoms with van der Waals surface area (Å²) < 4.78 is 13.5. The lowest BCUT2D eigenvalue weighted by molar-refractivity contribution is -0.142. The van der Waals surface area contributed by atoms with Gasteiger partial charge in [0.15, 0.2) is 0 Å². The molecule has 0 saturated heterocycles. The Hall–Kier alpha value is -1.43. The Morgan fingerprint density at radius 1 is 1.29 bits per heavy atom. The second-order valence-corrected chi connectivity index (χ2v) is 6.23. The first-order valence-electron chi connectivity index (χ1n) is 6.92. The monoisotopic (exact) mass is 357 g/mol. The first-order valence-corrected chi connectivity index (χ1v) is 7.71. The fourth-order valence-corrected chi connectivity index (χ4v) is 3.02. The number of aliphatic carboxylic acids is 1. The highest BCUT2D eigenvalue weighted by Crippen LogP contribution is 2.24. The van der Waals surface area contributed by atoms with Crippen LogP contribution in [0, 0.1) is 11.7 Å². The van der Waals surface area contributed by atoms with Crippen molar-refractivity contribution in [3.05, 3.63) is 34.1 Å². The van der Waals surface area contributed by atoms with E-state index >= 15 is 0 Å². The van der Waals surface area contributed by atoms with E-state index in [-0.39, 0.29) is 30.1 Å². The van der Waals surface area contributed by atoms with E-state index in [9.17, 15) is 14.0 Å². The quantitative estimate of drug-likeness (QED) is 0.870. The number of hydrogen-bond donors (Lipinski definition) is 2. The molecule has 114 valence electrons. The number of hydrogen-bond acceptors (Lipinski definition) is 2. The van der Waals surface area contributed by atoms with Gasteiger partial charge in [0.1, 0.15) is 5.82 Å². The van der Waals surface area contributed by atoms with Gasteiger partial charge >= 0.3 is 5.97 Å². The largest absolute Gasteiger partial charge is 0.481 e. The molecular weight excluding hydrogens is 341 g/mol. The van der Waals surface area contributed by atoms with E-state index in [1.54, 1.807) is 12.1 Å². The number of carbonyl (C=O) groups excluding carboxylic acids is 1. The molecule has 1 aliphatic rings. The van der Waals surface area contributed by atoms with Gasteiger partial charge in [-0.1, -0.05) is 6.07 Å². The molecule has 1 amide bonds. The molecule has 6 heteroatoms. The van der Waals surface area contributed by atoms with Gasteiger partial charge in [-0.3, -0.25) is 9.59 Å². The van der Waals surface area contributed by atoms with E-state index in [0.29, 0.717) is 30.2 Å². The van der Waals surface area contributed by atoms with Crippen molar-refractivity contribution < 1.29 is 19.1 Å². The Bertz CT molecular complexity index is 542. The van der Waals surface area contributed by atoms with E-state index in [1.165, 1.54) is 6.07 Å². The Labute approximate surface area is 130 Å². The van der Waals surface area contributed by atoms with Crippen molar-refractivity contribution in [3.8, 4) is 0 Å². The van der Waals surface area contributed by atoms with Crippen LogP contribution in [0.15, 0.2) is 22.7 Å². The minimum absolute atomic E-state index is 0.0389. The van der Waals surface area contributed by atoms with Crippen molar-refractivity contribution >= 4 is 27.8 Å². The lowest BCUT2D eigenvalue weighted by Crippen LogP contribution is -2.39. The minimum Gasteiger partial charge on any atom is -0.481 e. The summed E-state index contributed by atoms with van der Waals surface area (Å²) in [6, 6.07) is 4.54. The summed E-state index contributed by atoms with van der Waals surface area (Å²) in [6.07, 6.45) is 2.77. The summed E-state index contributed by atoms with van der Waals surface area (Å²) in [5.41, 5.74) is 0.736. The van der Waals surface area contributed by atoms with E-state index in [1.807, 2.05) is 0 Å². The molecule has 1 aliphatic carbocycles. The molecule has 0 unspecified atom stereocenters. The van der Waals surface area contributed by atoms with E-state index in [0.717, 1.165) is 5.56 Å². The van der Waals surface area contributed by atoms with Crippen molar-refractivity contribution in [3.63, 3.8) is 0 Å². The lowest BCUT2D eigenvalue weighted by Gasteiger charge is -2.26. The SMILES string of the molecule is O=C(Cc1ccc(F)c(Br)c1)NC1CCC(C(=O)O)CC1. The fraction of sp³-hybridized carbons (Fsp3) is 0.467. The number of nitrogens with one attached hydrogen (secondary N) is 1. The molecule has 1 fully saturated rings. The number of carbonyl (C=O) groups is 2. The average molecular weight is 358 g/mol. The highest BCUT2D eigenvalue weighted by Gasteiger charge is 2.26. The van der Waals surface area contributed by atoms with Gasteiger partial charge < -0.3 is 10.4 Å². The van der Waals surface area contributed by atoms with Crippen LogP contribution in [0.1, 0.15) is 31.2 Å². The van der Waals surface area contributed by atoms with Crippen LogP contribution in [0.4, 0.5) is 4.39 Å². The highest BCUT2D eigenvalue weighted by molar-refractivity contribution is 9.10. The molecule has 0 spiro atoms. The zero-order valence-corrected chi connectivity index (χ0v) is 13.0. The Morgan fingerprint density at radius 3 is 2.52 bits per heavy atom. The normalized spacial score (nSPS) is 21.8. The Morgan fingerprint density at radius 2 is 1.95 bits per heavy atom. The van der Waals surface area contributed by atoms with Crippen molar-refractivity contribution in [2.75, 3.05) is 0 Å². The summed E-state index contributed by atoms with van der Waals surface area (Å²) in [6.45, 7) is 0. The van der Waals surface area contributed by atoms with Crippen molar-refractivity contribution in [2.24, 2.45) is 5.92 Å². The van der Waals surface area contributed by atoms with E-state index < -0.39 is 5.97 Å². The third-order valence-corrected chi connectivity index (χ3v) is 4.40. The second-order valence-electron chi connectivity index (χ2n) is 5.38. The van der Waals surface area contributed by atoms with Crippen LogP contribution in [-0.4, -0.2) is 23.0 Å². The molecule has 21 heavy (non-hydrogen) atoms. The number of amides is 1. The summed E-state index contributed by atoms with van der Waals surface area (Å²) >= 11 is 3.09. The first-order chi connectivity index (χ1) is 9.95. The maximum atomic E-state index is 13.1. The third-order valence-electron chi connectivity index (χ3n) is 3.79. The van der Waals surface area contributed by atoms with Gasteiger partial charge in [-0.2, -0.15) is 0 Å². The van der Waals surface area contributed by atoms with Gasteiger partial charge in [0.05, 0.1) is 16.8 Å². The molecule has 0 radical (unpaired) electrons. The molecule has 0 aromatic heterocycles. The van der Waals surface area contributed by atoms with Crippen LogP contribution in [-0.2, 0) is 16.0 Å². The Kier molecular flexibility index (Phi) is 5.33. The predicted molar refractivity (Wildman–Crippen MR) is 79.3 cm³/mol. The summed E-state index contributed by atoms with van der Waals surface area (Å²) in [5.74, 6) is -1.51. The van der Waals surface area contributed by atoms with Gasteiger partial charge in [0.2, 0.25) is 5.91 Å². The van der Waals surface area contributed by atoms with Crippen LogP contribution in [0.5, 0.6) is 0 Å². The smallest absolute Gasteiger partial charge is 0.306 e. The predicted octanol–water partition coefficient (Wildman–Crippen LogP) is 2.89. The van der Waals surface area contributed by atoms with Crippen molar-refractivity contribution in [1.29, 1.82) is 0 Å². The molecular formula is C15H17BrFNO3. The van der Waals surface area contributed by atoms with Crippen LogP contribution in [0.2, 0.25) is 0 Å². The summed E-state index contributed by atoms with van der Waals surface area (Å²) in [4.78, 5) is 22.8. The molecule has 1 aromatic carbocycles. The zero-order chi connectivity index (χ0) is 15.4. The van der Waals surface area contributed by atoms with Crippen molar-refractivity contribution in [1.82, 2.24) is 5.32 Å². The van der Waals surface area contributed by atoms with Gasteiger partial charge in [0, 0.05) is 6.04 Å². The summed E-state index contributed by atoms with van der Waals surface area (Å²) in [5, 5.41) is 11.8. The summed E-state index contributed by atoms with van der Waals surface area (Å²) in [7, 11) is 0. The molecule has 2 N–H and O–H groups in total. The number of halogens is 2. The van der Waals surface area contributed by atoms with E-state index in [2.05, 4.69) is 21.2 Å². The topological polar surface area (TPSA) is 66.4 Å². The maximum Gasteiger partial charge on any atom is 0.306 e. The molecule has 0 bridgehead atoms. The van der Waals surface area contributed by atoms with Gasteiger partial charge in [-0.15, -0.1) is 0 Å². The highest BCUT2D eigenvalue weighted by atomic mass is 79.9. The lowest BCUT2D eigenvalue weighted by atomic mass is 9.86. The van der Waals surface area contributed by atoms with Crippen LogP contribution < -0.4 is 5.32 Å². The second kappa shape index (κ2) is 7.02. The number of carboxylic acids is 1. The molecule has 2 rings (SSSR count). The molecule has 0 atom stereocenters. The minimum atomic E-state index is -0.754. The zero-order valence-electron chi connectivity index (χ0n) is 11.4. The van der Waals surface area contributed by atoms with Crippen LogP contribution in [0.25, 0.3) is 0 Å². The van der Waals surface area contributed by atoms with Gasteiger partial charge in [-0.25, -0.2) is 4.39 Å². The Balaban J connectivity index is 1.82. The number of rotatable bonds is 4. The van der Waals surface area contributed by atoms with Gasteiger partial charge in [-0.05, 0) is 59.3 Å². The van der Waals surface area contributed by atoms with Crippen molar-refractivity contribution in [2.45, 2.75) is 38.1 Å². The molecule has 0 heterocycles. The average Bonchev–Trinajstić information content (AvgIpc) is 2.43. The molecule has 4 nitrogen and oxygen atoms in total. The first kappa shape index (κ1) is 15.9. The standard InChI is InChI=1S/C15H17BrFNO3/c16-12-7-9(1-6-13(12)17)8-14(19)18-11-4-2-10(3-5-11)15(20)21/h1,6-7,10-11H,2-5,8H2,(H,18,19)(H,20,21). The number of carboxylic acid groups (broad SMARTS) is 1. The molecule has 0 aliphatic heterocycles. The van der Waals surface area contributed by atoms with Gasteiger partial charge in [0.25, 0.3) is 0 Å².